The van der Waals surface area contributed by atoms with Gasteiger partial charge in [-0.1, -0.05) is 12.1 Å². The van der Waals surface area contributed by atoms with Crippen molar-refractivity contribution >= 4 is 16.6 Å². The number of halogens is 1. The first-order valence-corrected chi connectivity index (χ1v) is 7.82. The number of aliphatic hydroxyl groups is 1. The number of methoxy groups -OCH3 is 1. The van der Waals surface area contributed by atoms with Crippen molar-refractivity contribution in [3.05, 3.63) is 48.5 Å². The fraction of sp³-hybridized carbons (Fsp3) is 0.211. The number of alkyl halides is 1. The number of pyridine rings is 1. The number of ether oxygens (including phenoxy) is 2. The maximum absolute atomic E-state index is 12.3. The molecule has 0 bridgehead atoms. The molecule has 0 aliphatic carbocycles. The zero-order valence-corrected chi connectivity index (χ0v) is 13.8. The molecule has 0 radical (unpaired) electrons. The smallest absolute Gasteiger partial charge is 0.142 e. The lowest BCUT2D eigenvalue weighted by Crippen LogP contribution is -2.19. The minimum absolute atomic E-state index is 0.0846. The van der Waals surface area contributed by atoms with E-state index in [9.17, 15) is 9.50 Å². The van der Waals surface area contributed by atoms with Crippen molar-refractivity contribution < 1.29 is 19.0 Å². The predicted molar refractivity (Wildman–Crippen MR) is 95.6 cm³/mol. The van der Waals surface area contributed by atoms with Crippen molar-refractivity contribution in [2.45, 2.75) is 6.10 Å². The molecule has 1 heterocycles. The topological polar surface area (TPSA) is 77.6 Å². The van der Waals surface area contributed by atoms with E-state index in [0.29, 0.717) is 17.2 Å². The second-order valence-corrected chi connectivity index (χ2v) is 5.63. The molecule has 5 nitrogen and oxygen atoms in total. The highest BCUT2D eigenvalue weighted by molar-refractivity contribution is 5.83. The van der Waals surface area contributed by atoms with Crippen molar-refractivity contribution in [3.63, 3.8) is 0 Å². The summed E-state index contributed by atoms with van der Waals surface area (Å²) in [6.07, 6.45) is -1.11. The van der Waals surface area contributed by atoms with Crippen molar-refractivity contribution in [1.29, 1.82) is 0 Å². The van der Waals surface area contributed by atoms with Gasteiger partial charge in [-0.25, -0.2) is 9.37 Å². The van der Waals surface area contributed by atoms with E-state index in [1.165, 1.54) is 0 Å². The van der Waals surface area contributed by atoms with Gasteiger partial charge in [-0.15, -0.1) is 0 Å². The third-order valence-electron chi connectivity index (χ3n) is 3.81. The molecule has 0 saturated heterocycles. The van der Waals surface area contributed by atoms with Gasteiger partial charge in [0, 0.05) is 10.9 Å². The van der Waals surface area contributed by atoms with Crippen LogP contribution in [-0.2, 0) is 0 Å². The van der Waals surface area contributed by atoms with Gasteiger partial charge in [-0.3, -0.25) is 0 Å². The second-order valence-electron chi connectivity index (χ2n) is 5.63. The van der Waals surface area contributed by atoms with E-state index in [0.717, 1.165) is 22.2 Å². The summed E-state index contributed by atoms with van der Waals surface area (Å²) in [6.45, 7) is -0.914. The molecule has 0 aliphatic heterocycles. The monoisotopic (exact) mass is 342 g/mol. The fourth-order valence-corrected chi connectivity index (χ4v) is 2.46. The largest absolute Gasteiger partial charge is 0.495 e. The summed E-state index contributed by atoms with van der Waals surface area (Å²) in [7, 11) is 1.57. The van der Waals surface area contributed by atoms with Crippen LogP contribution in [0.3, 0.4) is 0 Å². The van der Waals surface area contributed by atoms with Crippen molar-refractivity contribution in [2.24, 2.45) is 0 Å². The van der Waals surface area contributed by atoms with E-state index in [2.05, 4.69) is 4.98 Å². The Morgan fingerprint density at radius 1 is 1.16 bits per heavy atom. The average molecular weight is 342 g/mol. The summed E-state index contributed by atoms with van der Waals surface area (Å²) >= 11 is 0. The number of hydrogen-bond acceptors (Lipinski definition) is 5. The van der Waals surface area contributed by atoms with E-state index in [1.807, 2.05) is 30.3 Å². The highest BCUT2D eigenvalue weighted by Gasteiger charge is 2.08. The standard InChI is InChI=1S/C19H19FN2O3/c1-24-19-9-13(2-5-16(19)21)17-6-3-12-8-15(4-7-18(12)22-17)25-11-14(23)10-20/h2-9,14,23H,10-11,21H2,1H3. The maximum atomic E-state index is 12.3. The van der Waals surface area contributed by atoms with Gasteiger partial charge in [0.1, 0.15) is 30.9 Å². The molecule has 0 amide bonds. The van der Waals surface area contributed by atoms with Crippen LogP contribution in [0.5, 0.6) is 11.5 Å². The first kappa shape index (κ1) is 17.0. The minimum Gasteiger partial charge on any atom is -0.495 e. The van der Waals surface area contributed by atoms with Gasteiger partial charge in [0.25, 0.3) is 0 Å². The molecule has 1 atom stereocenters. The molecule has 6 heteroatoms. The van der Waals surface area contributed by atoms with E-state index >= 15 is 0 Å². The first-order chi connectivity index (χ1) is 12.1. The van der Waals surface area contributed by atoms with Crippen molar-refractivity contribution in [2.75, 3.05) is 26.1 Å². The zero-order chi connectivity index (χ0) is 17.8. The van der Waals surface area contributed by atoms with Crippen LogP contribution in [-0.4, -0.2) is 36.6 Å². The number of nitrogens with two attached hydrogens (primary N) is 1. The Morgan fingerprint density at radius 2 is 2.00 bits per heavy atom. The molecule has 0 aliphatic rings. The summed E-state index contributed by atoms with van der Waals surface area (Å²) in [5, 5.41) is 10.1. The molecule has 25 heavy (non-hydrogen) atoms. The summed E-state index contributed by atoms with van der Waals surface area (Å²) in [5.41, 5.74) is 8.92. The number of hydrogen-bond donors (Lipinski definition) is 2. The number of rotatable bonds is 6. The van der Waals surface area contributed by atoms with Crippen LogP contribution in [0.1, 0.15) is 0 Å². The fourth-order valence-electron chi connectivity index (χ4n) is 2.46. The lowest BCUT2D eigenvalue weighted by Gasteiger charge is -2.11. The number of benzene rings is 2. The molecule has 1 unspecified atom stereocenters. The van der Waals surface area contributed by atoms with E-state index in [-0.39, 0.29) is 6.61 Å². The highest BCUT2D eigenvalue weighted by Crippen LogP contribution is 2.29. The van der Waals surface area contributed by atoms with Crippen LogP contribution >= 0.6 is 0 Å². The van der Waals surface area contributed by atoms with Crippen LogP contribution in [0.4, 0.5) is 10.1 Å². The van der Waals surface area contributed by atoms with E-state index in [1.54, 1.807) is 25.3 Å². The van der Waals surface area contributed by atoms with Crippen molar-refractivity contribution in [1.82, 2.24) is 4.98 Å². The highest BCUT2D eigenvalue weighted by atomic mass is 19.1. The van der Waals surface area contributed by atoms with Crippen LogP contribution in [0.2, 0.25) is 0 Å². The molecule has 2 aromatic carbocycles. The summed E-state index contributed by atoms with van der Waals surface area (Å²) in [4.78, 5) is 4.64. The van der Waals surface area contributed by atoms with Crippen molar-refractivity contribution in [3.8, 4) is 22.8 Å². The van der Waals surface area contributed by atoms with Gasteiger partial charge in [-0.2, -0.15) is 0 Å². The van der Waals surface area contributed by atoms with Gasteiger partial charge in [0.2, 0.25) is 0 Å². The normalized spacial score (nSPS) is 12.1. The molecule has 3 rings (SSSR count). The number of fused-ring (bicyclic) bond motifs is 1. The molecular weight excluding hydrogens is 323 g/mol. The van der Waals surface area contributed by atoms with Gasteiger partial charge >= 0.3 is 0 Å². The molecule has 0 spiro atoms. The quantitative estimate of drug-likeness (QED) is 0.673. The van der Waals surface area contributed by atoms with Crippen LogP contribution < -0.4 is 15.2 Å². The Kier molecular flexibility index (Phi) is 5.00. The molecule has 3 N–H and O–H groups in total. The molecule has 0 fully saturated rings. The lowest BCUT2D eigenvalue weighted by atomic mass is 10.1. The summed E-state index contributed by atoms with van der Waals surface area (Å²) < 4.78 is 22.9. The van der Waals surface area contributed by atoms with E-state index in [4.69, 9.17) is 15.2 Å². The summed E-state index contributed by atoms with van der Waals surface area (Å²) in [5.74, 6) is 1.17. The minimum atomic E-state index is -1.11. The zero-order valence-electron chi connectivity index (χ0n) is 13.8. The maximum Gasteiger partial charge on any atom is 0.142 e. The molecule has 0 saturated carbocycles. The second kappa shape index (κ2) is 7.36. The average Bonchev–Trinajstić information content (AvgIpc) is 2.65. The Labute approximate surface area is 144 Å². The Balaban J connectivity index is 1.88. The third-order valence-corrected chi connectivity index (χ3v) is 3.81. The van der Waals surface area contributed by atoms with Crippen LogP contribution in [0.15, 0.2) is 48.5 Å². The van der Waals surface area contributed by atoms with E-state index < -0.39 is 12.8 Å². The Morgan fingerprint density at radius 3 is 2.76 bits per heavy atom. The van der Waals surface area contributed by atoms with Gasteiger partial charge < -0.3 is 20.3 Å². The number of aromatic nitrogens is 1. The third kappa shape index (κ3) is 3.80. The van der Waals surface area contributed by atoms with Crippen LogP contribution in [0, 0.1) is 0 Å². The number of nitrogens with zero attached hydrogens (tertiary/aromatic N) is 1. The summed E-state index contributed by atoms with van der Waals surface area (Å²) in [6, 6.07) is 14.7. The van der Waals surface area contributed by atoms with Gasteiger partial charge in [-0.05, 0) is 36.4 Å². The molecule has 3 aromatic rings. The molecular formula is C19H19FN2O3. The first-order valence-electron chi connectivity index (χ1n) is 7.82. The van der Waals surface area contributed by atoms with Gasteiger partial charge in [0.05, 0.1) is 24.0 Å². The Bertz CT molecular complexity index is 886. The molecule has 1 aromatic heterocycles. The SMILES string of the molecule is COc1cc(-c2ccc3cc(OCC(O)CF)ccc3n2)ccc1N. The molecule has 130 valence electrons. The number of aliphatic hydroxyl groups excluding tert-OH is 1. The van der Waals surface area contributed by atoms with Gasteiger partial charge in [0.15, 0.2) is 0 Å². The lowest BCUT2D eigenvalue weighted by molar-refractivity contribution is 0.0842. The predicted octanol–water partition coefficient (Wildman–Crippen LogP) is 3.20. The Hall–Kier alpha value is -2.86. The number of nitrogen functional groups attached to an aromatic ring is 1. The van der Waals surface area contributed by atoms with Crippen LogP contribution in [0.25, 0.3) is 22.2 Å². The number of anilines is 1.